The third-order valence-electron chi connectivity index (χ3n) is 5.62. The van der Waals surface area contributed by atoms with E-state index in [2.05, 4.69) is 13.5 Å². The molecule has 4 heterocycles. The van der Waals surface area contributed by atoms with Crippen molar-refractivity contribution in [3.8, 4) is 0 Å². The number of esters is 1. The van der Waals surface area contributed by atoms with E-state index in [9.17, 15) is 4.79 Å². The van der Waals surface area contributed by atoms with E-state index < -0.39 is 17.7 Å². The standard InChI is InChI=1S/C15H20O5/c1-8-4-5-11-9(2)12(16)17-13-15(11)10(8)6-7-14(3,18-13)19-20-15/h8,10-11,13H,2,4-7H2,1,3H3/t8-,10+,11-,13-,14-,15-/m1/s1. The summed E-state index contributed by atoms with van der Waals surface area (Å²) in [4.78, 5) is 23.5. The predicted octanol–water partition coefficient (Wildman–Crippen LogP) is 2.32. The highest BCUT2D eigenvalue weighted by molar-refractivity contribution is 5.89. The number of hydrogen-bond acceptors (Lipinski definition) is 5. The predicted molar refractivity (Wildman–Crippen MR) is 68.0 cm³/mol. The Bertz CT molecular complexity index is 489. The number of carbonyl (C=O) groups excluding carboxylic acids is 1. The third kappa shape index (κ3) is 1.41. The van der Waals surface area contributed by atoms with Crippen molar-refractivity contribution in [1.29, 1.82) is 0 Å². The van der Waals surface area contributed by atoms with Gasteiger partial charge in [-0.15, -0.1) is 0 Å². The van der Waals surface area contributed by atoms with Crippen molar-refractivity contribution in [2.75, 3.05) is 0 Å². The quantitative estimate of drug-likeness (QED) is 0.387. The molecule has 110 valence electrons. The van der Waals surface area contributed by atoms with Crippen molar-refractivity contribution < 1.29 is 24.0 Å². The fourth-order valence-corrected chi connectivity index (χ4v) is 4.46. The fraction of sp³-hybridized carbons (Fsp3) is 0.800. The summed E-state index contributed by atoms with van der Waals surface area (Å²) < 4.78 is 11.5. The molecule has 20 heavy (non-hydrogen) atoms. The lowest BCUT2D eigenvalue weighted by molar-refractivity contribution is -0.554. The maximum absolute atomic E-state index is 12.0. The Labute approximate surface area is 118 Å². The molecule has 1 spiro atoms. The zero-order valence-corrected chi connectivity index (χ0v) is 11.9. The van der Waals surface area contributed by atoms with Crippen LogP contribution < -0.4 is 0 Å². The van der Waals surface area contributed by atoms with Crippen LogP contribution in [0.25, 0.3) is 0 Å². The summed E-state index contributed by atoms with van der Waals surface area (Å²) in [5, 5.41) is 0. The number of hydrogen-bond donors (Lipinski definition) is 0. The van der Waals surface area contributed by atoms with Crippen molar-refractivity contribution in [2.45, 2.75) is 57.2 Å². The highest BCUT2D eigenvalue weighted by Gasteiger charge is 2.69. The first kappa shape index (κ1) is 12.8. The molecule has 4 aliphatic heterocycles. The van der Waals surface area contributed by atoms with Gasteiger partial charge in [0.1, 0.15) is 0 Å². The summed E-state index contributed by atoms with van der Waals surface area (Å²) in [7, 11) is 0. The minimum absolute atomic E-state index is 0.0717. The van der Waals surface area contributed by atoms with Gasteiger partial charge in [-0.2, -0.15) is 0 Å². The lowest BCUT2D eigenvalue weighted by atomic mass is 9.59. The second kappa shape index (κ2) is 3.84. The van der Waals surface area contributed by atoms with Crippen LogP contribution >= 0.6 is 0 Å². The van der Waals surface area contributed by atoms with Crippen LogP contribution in [0.4, 0.5) is 0 Å². The van der Waals surface area contributed by atoms with Crippen molar-refractivity contribution in [1.82, 2.24) is 0 Å². The summed E-state index contributed by atoms with van der Waals surface area (Å²) in [6, 6.07) is 0. The molecular formula is C15H20O5. The SMILES string of the molecule is C=C1C(=O)O[C@@H]2O[C@@]3(C)CC[C@H]4[C@H](C)CC[C@H]1[C@@]24OO3. The molecule has 5 nitrogen and oxygen atoms in total. The van der Waals surface area contributed by atoms with Crippen LogP contribution in [0.3, 0.4) is 0 Å². The monoisotopic (exact) mass is 280 g/mol. The zero-order chi connectivity index (χ0) is 14.1. The van der Waals surface area contributed by atoms with E-state index in [4.69, 9.17) is 19.2 Å². The molecule has 0 aromatic carbocycles. The Morgan fingerprint density at radius 1 is 1.25 bits per heavy atom. The topological polar surface area (TPSA) is 54.0 Å². The van der Waals surface area contributed by atoms with Crippen molar-refractivity contribution >= 4 is 5.97 Å². The Morgan fingerprint density at radius 3 is 2.85 bits per heavy atom. The number of rotatable bonds is 0. The minimum Gasteiger partial charge on any atom is -0.429 e. The summed E-state index contributed by atoms with van der Waals surface area (Å²) in [6.07, 6.45) is 2.95. The highest BCUT2D eigenvalue weighted by atomic mass is 17.3. The molecule has 2 bridgehead atoms. The van der Waals surface area contributed by atoms with E-state index >= 15 is 0 Å². The lowest BCUT2D eigenvalue weighted by Crippen LogP contribution is -2.68. The molecule has 5 rings (SSSR count). The van der Waals surface area contributed by atoms with Gasteiger partial charge in [-0.3, -0.25) is 0 Å². The zero-order valence-electron chi connectivity index (χ0n) is 11.9. The second-order valence-corrected chi connectivity index (χ2v) is 6.79. The summed E-state index contributed by atoms with van der Waals surface area (Å²) >= 11 is 0. The van der Waals surface area contributed by atoms with Gasteiger partial charge >= 0.3 is 5.97 Å². The van der Waals surface area contributed by atoms with Crippen molar-refractivity contribution in [3.63, 3.8) is 0 Å². The Morgan fingerprint density at radius 2 is 2.05 bits per heavy atom. The van der Waals surface area contributed by atoms with E-state index in [0.717, 1.165) is 25.7 Å². The Kier molecular flexibility index (Phi) is 2.46. The van der Waals surface area contributed by atoms with Crippen LogP contribution in [-0.4, -0.2) is 23.6 Å². The Hall–Kier alpha value is -0.910. The first-order valence-electron chi connectivity index (χ1n) is 7.41. The first-order chi connectivity index (χ1) is 9.46. The van der Waals surface area contributed by atoms with E-state index in [0.29, 0.717) is 11.5 Å². The minimum atomic E-state index is -0.823. The second-order valence-electron chi connectivity index (χ2n) is 6.79. The molecule has 4 saturated heterocycles. The van der Waals surface area contributed by atoms with Gasteiger partial charge in [-0.1, -0.05) is 13.5 Å². The smallest absolute Gasteiger partial charge is 0.336 e. The first-order valence-corrected chi connectivity index (χ1v) is 7.41. The lowest BCUT2D eigenvalue weighted by Gasteiger charge is -2.56. The molecule has 6 atom stereocenters. The van der Waals surface area contributed by atoms with Gasteiger partial charge in [0.25, 0.3) is 0 Å². The van der Waals surface area contributed by atoms with Gasteiger partial charge < -0.3 is 9.47 Å². The molecule has 5 aliphatic rings. The molecule has 1 aliphatic carbocycles. The maximum atomic E-state index is 12.0. The van der Waals surface area contributed by atoms with Gasteiger partial charge in [0, 0.05) is 23.8 Å². The highest BCUT2D eigenvalue weighted by Crippen LogP contribution is 2.59. The molecule has 5 heteroatoms. The van der Waals surface area contributed by atoms with E-state index in [1.54, 1.807) is 0 Å². The van der Waals surface area contributed by atoms with Gasteiger partial charge in [0.15, 0.2) is 5.60 Å². The van der Waals surface area contributed by atoms with Crippen LogP contribution in [0.1, 0.15) is 39.5 Å². The van der Waals surface area contributed by atoms with Crippen molar-refractivity contribution in [2.24, 2.45) is 17.8 Å². The number of ether oxygens (including phenoxy) is 2. The van der Waals surface area contributed by atoms with E-state index in [-0.39, 0.29) is 17.8 Å². The molecule has 0 unspecified atom stereocenters. The normalized spacial score (nSPS) is 54.1. The molecule has 0 aromatic heterocycles. The van der Waals surface area contributed by atoms with Crippen LogP contribution in [0.2, 0.25) is 0 Å². The van der Waals surface area contributed by atoms with Gasteiger partial charge in [-0.25, -0.2) is 14.6 Å². The molecule has 0 N–H and O–H groups in total. The van der Waals surface area contributed by atoms with E-state index in [1.165, 1.54) is 0 Å². The molecule has 0 aromatic rings. The average molecular weight is 280 g/mol. The number of carbonyl (C=O) groups is 1. The van der Waals surface area contributed by atoms with Crippen LogP contribution in [-0.2, 0) is 24.0 Å². The summed E-state index contributed by atoms with van der Waals surface area (Å²) in [6.45, 7) is 8.00. The molecular weight excluding hydrogens is 260 g/mol. The third-order valence-corrected chi connectivity index (χ3v) is 5.62. The van der Waals surface area contributed by atoms with Gasteiger partial charge in [-0.05, 0) is 32.1 Å². The summed E-state index contributed by atoms with van der Waals surface area (Å²) in [5.41, 5.74) is -0.213. The van der Waals surface area contributed by atoms with Crippen LogP contribution in [0, 0.1) is 17.8 Å². The van der Waals surface area contributed by atoms with Gasteiger partial charge in [0.2, 0.25) is 12.1 Å². The average Bonchev–Trinajstić information content (AvgIpc) is 2.63. The molecule has 1 saturated carbocycles. The maximum Gasteiger partial charge on any atom is 0.336 e. The van der Waals surface area contributed by atoms with Crippen LogP contribution in [0.5, 0.6) is 0 Å². The van der Waals surface area contributed by atoms with Gasteiger partial charge in [0.05, 0.1) is 0 Å². The number of fused-ring (bicyclic) bond motifs is 2. The molecule has 0 radical (unpaired) electrons. The molecule has 5 fully saturated rings. The van der Waals surface area contributed by atoms with Crippen LogP contribution in [0.15, 0.2) is 12.2 Å². The molecule has 0 amide bonds. The van der Waals surface area contributed by atoms with Crippen molar-refractivity contribution in [3.05, 3.63) is 12.2 Å². The Balaban J connectivity index is 1.86. The largest absolute Gasteiger partial charge is 0.429 e. The summed E-state index contributed by atoms with van der Waals surface area (Å²) in [5.74, 6) is -0.501. The van der Waals surface area contributed by atoms with E-state index in [1.807, 2.05) is 6.92 Å². The fourth-order valence-electron chi connectivity index (χ4n) is 4.46.